The van der Waals surface area contributed by atoms with Gasteiger partial charge < -0.3 is 10.1 Å². The zero-order valence-electron chi connectivity index (χ0n) is 16.5. The van der Waals surface area contributed by atoms with E-state index in [0.717, 1.165) is 29.7 Å². The third kappa shape index (κ3) is 6.82. The van der Waals surface area contributed by atoms with Crippen LogP contribution in [0, 0.1) is 6.92 Å². The summed E-state index contributed by atoms with van der Waals surface area (Å²) in [7, 11) is 0. The minimum Gasteiger partial charge on any atom is -0.489 e. The molecule has 1 aliphatic rings. The molecule has 2 N–H and O–H groups in total. The van der Waals surface area contributed by atoms with Gasteiger partial charge in [-0.25, -0.2) is 5.43 Å². The summed E-state index contributed by atoms with van der Waals surface area (Å²) >= 11 is 0. The number of nitrogens with one attached hydrogen (secondary N) is 2. The van der Waals surface area contributed by atoms with Crippen LogP contribution in [0.2, 0.25) is 0 Å². The van der Waals surface area contributed by atoms with Crippen LogP contribution < -0.4 is 15.5 Å². The van der Waals surface area contributed by atoms with Gasteiger partial charge in [-0.3, -0.25) is 4.79 Å². The minimum atomic E-state index is -0.117. The first-order valence-corrected chi connectivity index (χ1v) is 10.0. The molecule has 1 aliphatic carbocycles. The summed E-state index contributed by atoms with van der Waals surface area (Å²) in [4.78, 5) is 11.9. The Kier molecular flexibility index (Phi) is 7.62. The van der Waals surface area contributed by atoms with Crippen LogP contribution in [0.15, 0.2) is 53.6 Å². The van der Waals surface area contributed by atoms with E-state index in [1.54, 1.807) is 6.21 Å². The van der Waals surface area contributed by atoms with Crippen LogP contribution >= 0.6 is 0 Å². The SMILES string of the molecule is Cc1ccc(COc2cccc(/C=N\NC(=O)CNC3CCCCC3)c2)cc1. The fraction of sp³-hybridized carbons (Fsp3) is 0.391. The van der Waals surface area contributed by atoms with Crippen LogP contribution in [0.25, 0.3) is 0 Å². The summed E-state index contributed by atoms with van der Waals surface area (Å²) in [5, 5.41) is 7.36. The van der Waals surface area contributed by atoms with Crippen LogP contribution in [0.5, 0.6) is 5.75 Å². The molecule has 1 fully saturated rings. The number of hydrazone groups is 1. The van der Waals surface area contributed by atoms with Crippen molar-refractivity contribution < 1.29 is 9.53 Å². The first kappa shape index (κ1) is 20.1. The molecule has 5 heteroatoms. The molecule has 3 rings (SSSR count). The van der Waals surface area contributed by atoms with E-state index in [1.807, 2.05) is 24.3 Å². The predicted octanol–water partition coefficient (Wildman–Crippen LogP) is 3.95. The smallest absolute Gasteiger partial charge is 0.254 e. The molecule has 1 amide bonds. The van der Waals surface area contributed by atoms with E-state index >= 15 is 0 Å². The van der Waals surface area contributed by atoms with Crippen molar-refractivity contribution in [3.63, 3.8) is 0 Å². The number of rotatable bonds is 8. The van der Waals surface area contributed by atoms with Gasteiger partial charge in [0.05, 0.1) is 12.8 Å². The highest BCUT2D eigenvalue weighted by molar-refractivity contribution is 5.83. The largest absolute Gasteiger partial charge is 0.489 e. The number of aryl methyl sites for hydroxylation is 1. The average Bonchev–Trinajstić information content (AvgIpc) is 2.73. The molecule has 0 saturated heterocycles. The lowest BCUT2D eigenvalue weighted by atomic mass is 9.95. The molecule has 0 unspecified atom stereocenters. The fourth-order valence-corrected chi connectivity index (χ4v) is 3.30. The third-order valence-electron chi connectivity index (χ3n) is 4.94. The lowest BCUT2D eigenvalue weighted by molar-refractivity contribution is -0.120. The van der Waals surface area contributed by atoms with E-state index in [4.69, 9.17) is 4.74 Å². The molecule has 0 bridgehead atoms. The maximum atomic E-state index is 11.9. The van der Waals surface area contributed by atoms with Gasteiger partial charge in [0.1, 0.15) is 12.4 Å². The molecular formula is C23H29N3O2. The zero-order valence-corrected chi connectivity index (χ0v) is 16.5. The van der Waals surface area contributed by atoms with Gasteiger partial charge in [0.2, 0.25) is 0 Å². The molecule has 0 heterocycles. The van der Waals surface area contributed by atoms with E-state index in [2.05, 4.69) is 47.0 Å². The number of carbonyl (C=O) groups excluding carboxylic acids is 1. The molecule has 0 aromatic heterocycles. The van der Waals surface area contributed by atoms with Gasteiger partial charge in [0.25, 0.3) is 5.91 Å². The fourth-order valence-electron chi connectivity index (χ4n) is 3.30. The molecule has 28 heavy (non-hydrogen) atoms. The molecule has 0 aliphatic heterocycles. The van der Waals surface area contributed by atoms with Crippen LogP contribution in [-0.2, 0) is 11.4 Å². The molecular weight excluding hydrogens is 350 g/mol. The summed E-state index contributed by atoms with van der Waals surface area (Å²) in [5.74, 6) is 0.656. The second-order valence-electron chi connectivity index (χ2n) is 7.36. The summed E-state index contributed by atoms with van der Waals surface area (Å²) in [6.07, 6.45) is 7.76. The first-order valence-electron chi connectivity index (χ1n) is 10.0. The van der Waals surface area contributed by atoms with Crippen molar-refractivity contribution in [2.45, 2.75) is 51.7 Å². The maximum Gasteiger partial charge on any atom is 0.254 e. The van der Waals surface area contributed by atoms with E-state index in [1.165, 1.54) is 24.8 Å². The number of benzene rings is 2. The number of amides is 1. The van der Waals surface area contributed by atoms with Gasteiger partial charge in [0, 0.05) is 6.04 Å². The number of carbonyl (C=O) groups is 1. The number of ether oxygens (including phenoxy) is 1. The normalized spacial score (nSPS) is 14.9. The molecule has 0 radical (unpaired) electrons. The third-order valence-corrected chi connectivity index (χ3v) is 4.94. The lowest BCUT2D eigenvalue weighted by Crippen LogP contribution is -2.38. The Balaban J connectivity index is 1.42. The molecule has 2 aromatic carbocycles. The highest BCUT2D eigenvalue weighted by atomic mass is 16.5. The monoisotopic (exact) mass is 379 g/mol. The number of hydrogen-bond acceptors (Lipinski definition) is 4. The highest BCUT2D eigenvalue weighted by Gasteiger charge is 2.13. The molecule has 5 nitrogen and oxygen atoms in total. The molecule has 0 atom stereocenters. The summed E-state index contributed by atoms with van der Waals surface area (Å²) in [5.41, 5.74) is 5.82. The second-order valence-corrected chi connectivity index (χ2v) is 7.36. The Bertz CT molecular complexity index is 781. The van der Waals surface area contributed by atoms with Gasteiger partial charge in [-0.2, -0.15) is 5.10 Å². The predicted molar refractivity (Wildman–Crippen MR) is 113 cm³/mol. The lowest BCUT2D eigenvalue weighted by Gasteiger charge is -2.22. The number of nitrogens with zero attached hydrogens (tertiary/aromatic N) is 1. The van der Waals surface area contributed by atoms with E-state index < -0.39 is 0 Å². The van der Waals surface area contributed by atoms with Gasteiger partial charge in [-0.05, 0) is 43.0 Å². The molecule has 1 saturated carbocycles. The second kappa shape index (κ2) is 10.6. The summed E-state index contributed by atoms with van der Waals surface area (Å²) in [6.45, 7) is 2.89. The van der Waals surface area contributed by atoms with Crippen molar-refractivity contribution >= 4 is 12.1 Å². The van der Waals surface area contributed by atoms with Gasteiger partial charge >= 0.3 is 0 Å². The van der Waals surface area contributed by atoms with Crippen molar-refractivity contribution in [3.05, 3.63) is 65.2 Å². The topological polar surface area (TPSA) is 62.7 Å². The standard InChI is InChI=1S/C23H29N3O2/c1-18-10-12-19(13-11-18)17-28-22-9-5-6-20(14-22)15-25-26-23(27)16-24-21-7-3-2-4-8-21/h5-6,9-15,21,24H,2-4,7-8,16-17H2,1H3,(H,26,27)/b25-15-. The van der Waals surface area contributed by atoms with E-state index in [-0.39, 0.29) is 5.91 Å². The van der Waals surface area contributed by atoms with Crippen LogP contribution in [0.4, 0.5) is 0 Å². The van der Waals surface area contributed by atoms with Crippen molar-refractivity contribution in [3.8, 4) is 5.75 Å². The van der Waals surface area contributed by atoms with Gasteiger partial charge in [-0.1, -0.05) is 61.2 Å². The van der Waals surface area contributed by atoms with E-state index in [0.29, 0.717) is 19.2 Å². The minimum absolute atomic E-state index is 0.117. The van der Waals surface area contributed by atoms with Crippen molar-refractivity contribution in [2.75, 3.05) is 6.54 Å². The summed E-state index contributed by atoms with van der Waals surface area (Å²) in [6, 6.07) is 16.4. The number of hydrogen-bond donors (Lipinski definition) is 2. The van der Waals surface area contributed by atoms with E-state index in [9.17, 15) is 4.79 Å². The Hall–Kier alpha value is -2.66. The maximum absolute atomic E-state index is 11.9. The average molecular weight is 380 g/mol. The van der Waals surface area contributed by atoms with Crippen molar-refractivity contribution in [1.29, 1.82) is 0 Å². The Morgan fingerprint density at radius 3 is 2.71 bits per heavy atom. The van der Waals surface area contributed by atoms with Crippen molar-refractivity contribution in [1.82, 2.24) is 10.7 Å². The Morgan fingerprint density at radius 1 is 1.14 bits per heavy atom. The van der Waals surface area contributed by atoms with Crippen LogP contribution in [0.1, 0.15) is 48.8 Å². The first-order chi connectivity index (χ1) is 13.7. The summed E-state index contributed by atoms with van der Waals surface area (Å²) < 4.78 is 5.85. The Labute approximate surface area is 167 Å². The quantitative estimate of drug-likeness (QED) is 0.539. The van der Waals surface area contributed by atoms with Gasteiger partial charge in [0.15, 0.2) is 0 Å². The molecule has 0 spiro atoms. The molecule has 148 valence electrons. The Morgan fingerprint density at radius 2 is 1.93 bits per heavy atom. The molecule has 2 aromatic rings. The van der Waals surface area contributed by atoms with Crippen LogP contribution in [0.3, 0.4) is 0 Å². The highest BCUT2D eigenvalue weighted by Crippen LogP contribution is 2.17. The van der Waals surface area contributed by atoms with Crippen molar-refractivity contribution in [2.24, 2.45) is 5.10 Å². The van der Waals surface area contributed by atoms with Crippen LogP contribution in [-0.4, -0.2) is 24.7 Å². The zero-order chi connectivity index (χ0) is 19.6. The van der Waals surface area contributed by atoms with Gasteiger partial charge in [-0.15, -0.1) is 0 Å².